The summed E-state index contributed by atoms with van der Waals surface area (Å²) in [4.78, 5) is 29.0. The van der Waals surface area contributed by atoms with Gasteiger partial charge in [0.05, 0.1) is 29.7 Å². The van der Waals surface area contributed by atoms with Crippen molar-refractivity contribution in [2.75, 3.05) is 44.8 Å². The maximum Gasteiger partial charge on any atom is 0.257 e. The first-order valence-corrected chi connectivity index (χ1v) is 12.2. The molecule has 3 atom stereocenters. The van der Waals surface area contributed by atoms with Gasteiger partial charge in [-0.2, -0.15) is 0 Å². The summed E-state index contributed by atoms with van der Waals surface area (Å²) in [6.07, 6.45) is 1.16. The number of nitrogens with zero attached hydrogens (tertiary/aromatic N) is 2. The van der Waals surface area contributed by atoms with E-state index in [1.54, 1.807) is 24.0 Å². The quantitative estimate of drug-likeness (QED) is 0.742. The van der Waals surface area contributed by atoms with Crippen LogP contribution in [-0.2, 0) is 19.6 Å². The Balaban J connectivity index is 2.48. The Hall–Kier alpha value is -2.33. The average molecular weight is 456 g/mol. The molecule has 2 rings (SSSR count). The smallest absolute Gasteiger partial charge is 0.257 e. The normalized spacial score (nSPS) is 23.3. The number of hydrogen-bond acceptors (Lipinski definition) is 6. The number of fused-ring (bicyclic) bond motifs is 1. The van der Waals surface area contributed by atoms with Crippen LogP contribution in [0.4, 0.5) is 5.69 Å². The van der Waals surface area contributed by atoms with Crippen LogP contribution >= 0.6 is 0 Å². The van der Waals surface area contributed by atoms with Gasteiger partial charge in [0.1, 0.15) is 12.4 Å². The van der Waals surface area contributed by atoms with Gasteiger partial charge in [-0.15, -0.1) is 0 Å². The highest BCUT2D eigenvalue weighted by Crippen LogP contribution is 2.27. The Morgan fingerprint density at radius 3 is 2.55 bits per heavy atom. The number of carbonyl (C=O) groups excluding carboxylic acids is 2. The van der Waals surface area contributed by atoms with Gasteiger partial charge in [0.2, 0.25) is 15.9 Å². The molecule has 0 saturated heterocycles. The molecule has 0 aliphatic carbocycles. The number of ether oxygens (including phenoxy) is 2. The summed E-state index contributed by atoms with van der Waals surface area (Å²) in [6.45, 7) is 6.67. The molecule has 0 unspecified atom stereocenters. The number of rotatable bonds is 4. The number of sulfonamides is 1. The van der Waals surface area contributed by atoms with Crippen LogP contribution in [0, 0.1) is 5.92 Å². The van der Waals surface area contributed by atoms with E-state index in [1.165, 1.54) is 18.2 Å². The van der Waals surface area contributed by atoms with Crippen molar-refractivity contribution >= 4 is 27.5 Å². The van der Waals surface area contributed by atoms with Crippen LogP contribution in [0.2, 0.25) is 0 Å². The Morgan fingerprint density at radius 2 is 1.97 bits per heavy atom. The van der Waals surface area contributed by atoms with Gasteiger partial charge < -0.3 is 19.3 Å². The van der Waals surface area contributed by atoms with Crippen LogP contribution in [-0.4, -0.2) is 82.3 Å². The molecule has 1 aromatic carbocycles. The third-order valence-corrected chi connectivity index (χ3v) is 5.98. The summed E-state index contributed by atoms with van der Waals surface area (Å²) in [6, 6.07) is 4.30. The van der Waals surface area contributed by atoms with Gasteiger partial charge >= 0.3 is 0 Å². The fourth-order valence-corrected chi connectivity index (χ4v) is 4.16. The Labute approximate surface area is 184 Å². The van der Waals surface area contributed by atoms with Gasteiger partial charge in [0, 0.05) is 45.7 Å². The molecule has 2 amide bonds. The second-order valence-corrected chi connectivity index (χ2v) is 9.83. The fourth-order valence-electron chi connectivity index (χ4n) is 3.60. The van der Waals surface area contributed by atoms with Crippen molar-refractivity contribution in [3.05, 3.63) is 23.8 Å². The highest BCUT2D eigenvalue weighted by atomic mass is 32.2. The molecule has 1 N–H and O–H groups in total. The number of benzene rings is 1. The monoisotopic (exact) mass is 455 g/mol. The van der Waals surface area contributed by atoms with Crippen LogP contribution in [0.3, 0.4) is 0 Å². The van der Waals surface area contributed by atoms with Gasteiger partial charge in [-0.3, -0.25) is 14.3 Å². The van der Waals surface area contributed by atoms with Gasteiger partial charge in [-0.05, 0) is 19.1 Å². The Bertz CT molecular complexity index is 904. The molecular weight excluding hydrogens is 422 g/mol. The first kappa shape index (κ1) is 24.9. The lowest BCUT2D eigenvalue weighted by Crippen LogP contribution is -2.48. The van der Waals surface area contributed by atoms with Crippen molar-refractivity contribution < 1.29 is 27.5 Å². The van der Waals surface area contributed by atoms with E-state index in [4.69, 9.17) is 9.47 Å². The van der Waals surface area contributed by atoms with Crippen LogP contribution in [0.5, 0.6) is 5.75 Å². The van der Waals surface area contributed by atoms with Crippen molar-refractivity contribution in [2.45, 2.75) is 39.3 Å². The first-order chi connectivity index (χ1) is 14.5. The number of carbonyl (C=O) groups is 2. The molecule has 1 aliphatic heterocycles. The first-order valence-electron chi connectivity index (χ1n) is 10.3. The molecule has 0 saturated carbocycles. The minimum Gasteiger partial charge on any atom is -0.491 e. The van der Waals surface area contributed by atoms with Crippen molar-refractivity contribution in [1.29, 1.82) is 0 Å². The lowest BCUT2D eigenvalue weighted by atomic mass is 10.0. The summed E-state index contributed by atoms with van der Waals surface area (Å²) in [5.74, 6) is -0.000784. The van der Waals surface area contributed by atoms with E-state index in [1.807, 2.05) is 20.8 Å². The predicted molar refractivity (Wildman–Crippen MR) is 119 cm³/mol. The summed E-state index contributed by atoms with van der Waals surface area (Å²) >= 11 is 0. The van der Waals surface area contributed by atoms with E-state index in [0.717, 1.165) is 6.26 Å². The maximum absolute atomic E-state index is 13.1. The van der Waals surface area contributed by atoms with E-state index in [-0.39, 0.29) is 42.2 Å². The summed E-state index contributed by atoms with van der Waals surface area (Å²) < 4.78 is 37.2. The van der Waals surface area contributed by atoms with Crippen molar-refractivity contribution in [1.82, 2.24) is 9.80 Å². The highest BCUT2D eigenvalue weighted by Gasteiger charge is 2.29. The predicted octanol–water partition coefficient (Wildman–Crippen LogP) is 1.80. The number of amides is 2. The van der Waals surface area contributed by atoms with Crippen LogP contribution in [0.25, 0.3) is 0 Å². The third kappa shape index (κ3) is 6.57. The third-order valence-electron chi connectivity index (χ3n) is 5.37. The number of methoxy groups -OCH3 is 1. The second-order valence-electron chi connectivity index (χ2n) is 8.08. The van der Waals surface area contributed by atoms with E-state index < -0.39 is 10.0 Å². The maximum atomic E-state index is 13.1. The molecule has 0 fully saturated rings. The second kappa shape index (κ2) is 10.3. The SMILES string of the molecule is CCC(=O)N1C[C@@H](C)[C@H](OC)CN(C)C(=O)c2ccc(NS(C)(=O)=O)cc2OC[C@H]1C. The largest absolute Gasteiger partial charge is 0.491 e. The standard InChI is InChI=1S/C21H33N3O6S/c1-7-20(25)24-11-14(2)19(29-5)12-23(4)21(26)17-9-8-16(22-31(6,27)28)10-18(17)30-13-15(24)3/h8-10,14-15,19,22H,7,11-13H2,1-6H3/t14-,15-,19-/m1/s1. The summed E-state index contributed by atoms with van der Waals surface area (Å²) in [7, 11) is -0.214. The molecule has 1 aromatic rings. The van der Waals surface area contributed by atoms with Gasteiger partial charge in [0.15, 0.2) is 0 Å². The van der Waals surface area contributed by atoms with E-state index in [0.29, 0.717) is 30.8 Å². The molecule has 1 heterocycles. The van der Waals surface area contributed by atoms with Crippen molar-refractivity contribution in [3.63, 3.8) is 0 Å². The van der Waals surface area contributed by atoms with Crippen LogP contribution in [0.15, 0.2) is 18.2 Å². The zero-order valence-electron chi connectivity index (χ0n) is 19.0. The average Bonchev–Trinajstić information content (AvgIpc) is 2.70. The molecule has 0 spiro atoms. The Morgan fingerprint density at radius 1 is 1.29 bits per heavy atom. The summed E-state index contributed by atoms with van der Waals surface area (Å²) in [5, 5.41) is 0. The Kier molecular flexibility index (Phi) is 8.30. The topological polar surface area (TPSA) is 105 Å². The van der Waals surface area contributed by atoms with Crippen LogP contribution in [0.1, 0.15) is 37.6 Å². The molecule has 174 valence electrons. The van der Waals surface area contributed by atoms with Crippen LogP contribution < -0.4 is 9.46 Å². The van der Waals surface area contributed by atoms with E-state index >= 15 is 0 Å². The zero-order chi connectivity index (χ0) is 23.3. The number of likely N-dealkylation sites (N-methyl/N-ethyl adjacent to an activating group) is 1. The number of nitrogens with one attached hydrogen (secondary N) is 1. The molecule has 0 aromatic heterocycles. The van der Waals surface area contributed by atoms with Gasteiger partial charge in [-0.25, -0.2) is 8.42 Å². The van der Waals surface area contributed by atoms with Gasteiger partial charge in [0.25, 0.3) is 5.91 Å². The molecule has 0 radical (unpaired) electrons. The lowest BCUT2D eigenvalue weighted by Gasteiger charge is -2.36. The number of hydrogen-bond donors (Lipinski definition) is 1. The minimum atomic E-state index is -3.49. The number of anilines is 1. The summed E-state index contributed by atoms with van der Waals surface area (Å²) in [5.41, 5.74) is 0.603. The zero-order valence-corrected chi connectivity index (χ0v) is 19.9. The molecule has 1 aliphatic rings. The van der Waals surface area contributed by atoms with E-state index in [9.17, 15) is 18.0 Å². The lowest BCUT2D eigenvalue weighted by molar-refractivity contribution is -0.135. The highest BCUT2D eigenvalue weighted by molar-refractivity contribution is 7.92. The van der Waals surface area contributed by atoms with Crippen molar-refractivity contribution in [3.8, 4) is 5.75 Å². The molecule has 10 heteroatoms. The fraction of sp³-hybridized carbons (Fsp3) is 0.619. The molecule has 9 nitrogen and oxygen atoms in total. The van der Waals surface area contributed by atoms with Crippen molar-refractivity contribution in [2.24, 2.45) is 5.92 Å². The molecular formula is C21H33N3O6S. The molecule has 0 bridgehead atoms. The molecule has 31 heavy (non-hydrogen) atoms. The van der Waals surface area contributed by atoms with E-state index in [2.05, 4.69) is 4.72 Å². The minimum absolute atomic E-state index is 0.00145. The van der Waals surface area contributed by atoms with Gasteiger partial charge in [-0.1, -0.05) is 13.8 Å².